The molecule has 154 valence electrons. The van der Waals surface area contributed by atoms with E-state index >= 15 is 0 Å². The second-order valence-corrected chi connectivity index (χ2v) is 7.10. The number of carbonyl (C=O) groups is 2. The fourth-order valence-corrected chi connectivity index (χ4v) is 2.91. The van der Waals surface area contributed by atoms with Crippen molar-refractivity contribution in [2.75, 3.05) is 13.7 Å². The van der Waals surface area contributed by atoms with E-state index in [0.29, 0.717) is 32.8 Å². The summed E-state index contributed by atoms with van der Waals surface area (Å²) < 4.78 is 11.0. The average Bonchev–Trinajstić information content (AvgIpc) is 2.71. The minimum absolute atomic E-state index is 0.0588. The van der Waals surface area contributed by atoms with Crippen LogP contribution in [0.1, 0.15) is 29.8 Å². The lowest BCUT2D eigenvalue weighted by atomic mass is 10.2. The Morgan fingerprint density at radius 1 is 1.28 bits per heavy atom. The Morgan fingerprint density at radius 2 is 1.97 bits per heavy atom. The monoisotopic (exact) mass is 511 g/mol. The highest BCUT2D eigenvalue weighted by molar-refractivity contribution is 14.1. The van der Waals surface area contributed by atoms with Crippen molar-refractivity contribution in [2.45, 2.75) is 19.9 Å². The van der Waals surface area contributed by atoms with E-state index in [2.05, 4.69) is 15.8 Å². The van der Waals surface area contributed by atoms with Gasteiger partial charge in [-0.3, -0.25) is 9.59 Å². The maximum Gasteiger partial charge on any atom is 0.262 e. The molecule has 0 aliphatic carbocycles. The molecule has 9 heteroatoms. The molecule has 8 nitrogen and oxygen atoms in total. The second-order valence-electron chi connectivity index (χ2n) is 5.94. The zero-order chi connectivity index (χ0) is 21.4. The fourth-order valence-electron chi connectivity index (χ4n) is 2.29. The first kappa shape index (κ1) is 22.5. The third-order valence-electron chi connectivity index (χ3n) is 3.83. The summed E-state index contributed by atoms with van der Waals surface area (Å²) in [7, 11) is 1.54. The molecule has 2 aromatic carbocycles. The average molecular weight is 511 g/mol. The molecular formula is C20H22IN3O5. The summed E-state index contributed by atoms with van der Waals surface area (Å²) in [6.45, 7) is 3.78. The van der Waals surface area contributed by atoms with Crippen LogP contribution in [0.4, 0.5) is 0 Å². The molecule has 0 aliphatic rings. The Morgan fingerprint density at radius 3 is 2.59 bits per heavy atom. The van der Waals surface area contributed by atoms with E-state index in [1.165, 1.54) is 6.21 Å². The topological polar surface area (TPSA) is 109 Å². The number of hydrogen-bond donors (Lipinski definition) is 3. The summed E-state index contributed by atoms with van der Waals surface area (Å²) in [6.07, 6.45) is 1.43. The normalized spacial score (nSPS) is 11.7. The molecule has 0 saturated heterocycles. The highest BCUT2D eigenvalue weighted by Crippen LogP contribution is 2.32. The van der Waals surface area contributed by atoms with Crippen LogP contribution in [0.5, 0.6) is 17.2 Å². The van der Waals surface area contributed by atoms with Crippen LogP contribution in [0, 0.1) is 3.57 Å². The van der Waals surface area contributed by atoms with E-state index in [1.807, 2.05) is 29.5 Å². The molecule has 0 bridgehead atoms. The summed E-state index contributed by atoms with van der Waals surface area (Å²) in [5, 5.41) is 16.5. The summed E-state index contributed by atoms with van der Waals surface area (Å²) in [4.78, 5) is 24.4. The number of rotatable bonds is 8. The van der Waals surface area contributed by atoms with Gasteiger partial charge in [-0.25, -0.2) is 5.43 Å². The number of hydrogen-bond acceptors (Lipinski definition) is 6. The Balaban J connectivity index is 1.94. The smallest absolute Gasteiger partial charge is 0.262 e. The van der Waals surface area contributed by atoms with Crippen molar-refractivity contribution >= 4 is 40.6 Å². The lowest BCUT2D eigenvalue weighted by molar-refractivity contribution is -0.122. The molecule has 0 spiro atoms. The largest absolute Gasteiger partial charge is 0.504 e. The predicted octanol–water partition coefficient (Wildman–Crippen LogP) is 2.67. The minimum Gasteiger partial charge on any atom is -0.504 e. The highest BCUT2D eigenvalue weighted by atomic mass is 127. The quantitative estimate of drug-likeness (QED) is 0.287. The molecule has 1 atom stereocenters. The summed E-state index contributed by atoms with van der Waals surface area (Å²) >= 11 is 1.98. The molecule has 0 saturated carbocycles. The van der Waals surface area contributed by atoms with Crippen LogP contribution in [0.15, 0.2) is 41.5 Å². The number of benzene rings is 2. The Bertz CT molecular complexity index is 900. The van der Waals surface area contributed by atoms with Crippen molar-refractivity contribution in [2.24, 2.45) is 5.10 Å². The molecule has 0 aromatic heterocycles. The van der Waals surface area contributed by atoms with Gasteiger partial charge in [-0.15, -0.1) is 0 Å². The molecule has 1 unspecified atom stereocenters. The Labute approximate surface area is 182 Å². The van der Waals surface area contributed by atoms with E-state index in [9.17, 15) is 14.7 Å². The van der Waals surface area contributed by atoms with E-state index in [-0.39, 0.29) is 11.7 Å². The second kappa shape index (κ2) is 10.6. The zero-order valence-electron chi connectivity index (χ0n) is 16.2. The van der Waals surface area contributed by atoms with Crippen LogP contribution in [-0.4, -0.2) is 42.9 Å². The molecule has 3 N–H and O–H groups in total. The number of methoxy groups -OCH3 is 1. The SMILES string of the molecule is CCOc1cc(/C=N/NC(=O)C(C)NC(=O)c2ccc(OC)cc2)cc(I)c1O. The van der Waals surface area contributed by atoms with E-state index in [0.717, 1.165) is 0 Å². The van der Waals surface area contributed by atoms with E-state index < -0.39 is 11.9 Å². The first-order valence-corrected chi connectivity index (χ1v) is 9.86. The minimum atomic E-state index is -0.791. The van der Waals surface area contributed by atoms with Gasteiger partial charge in [0.25, 0.3) is 11.8 Å². The van der Waals surface area contributed by atoms with Gasteiger partial charge in [0.15, 0.2) is 11.5 Å². The Hall–Kier alpha value is -2.82. The van der Waals surface area contributed by atoms with Crippen LogP contribution in [0.3, 0.4) is 0 Å². The molecule has 29 heavy (non-hydrogen) atoms. The third kappa shape index (κ3) is 6.34. The summed E-state index contributed by atoms with van der Waals surface area (Å²) in [6, 6.07) is 9.08. The highest BCUT2D eigenvalue weighted by Gasteiger charge is 2.16. The number of phenolic OH excluding ortho intramolecular Hbond substituents is 1. The number of nitrogens with one attached hydrogen (secondary N) is 2. The maximum absolute atomic E-state index is 12.2. The van der Waals surface area contributed by atoms with Crippen molar-refractivity contribution in [1.82, 2.24) is 10.7 Å². The van der Waals surface area contributed by atoms with Crippen molar-refractivity contribution < 1.29 is 24.2 Å². The van der Waals surface area contributed by atoms with Gasteiger partial charge in [0, 0.05) is 5.56 Å². The number of amides is 2. The zero-order valence-corrected chi connectivity index (χ0v) is 18.4. The molecule has 0 fully saturated rings. The van der Waals surface area contributed by atoms with Crippen molar-refractivity contribution in [1.29, 1.82) is 0 Å². The van der Waals surface area contributed by atoms with Crippen LogP contribution in [0.2, 0.25) is 0 Å². The van der Waals surface area contributed by atoms with Crippen LogP contribution >= 0.6 is 22.6 Å². The van der Waals surface area contributed by atoms with Crippen molar-refractivity contribution in [3.63, 3.8) is 0 Å². The van der Waals surface area contributed by atoms with Crippen molar-refractivity contribution in [3.05, 3.63) is 51.1 Å². The van der Waals surface area contributed by atoms with E-state index in [1.54, 1.807) is 50.4 Å². The van der Waals surface area contributed by atoms with Crippen LogP contribution in [0.25, 0.3) is 0 Å². The number of nitrogens with zero attached hydrogens (tertiary/aromatic N) is 1. The molecule has 0 radical (unpaired) electrons. The number of hydrazone groups is 1. The molecule has 2 rings (SSSR count). The maximum atomic E-state index is 12.2. The van der Waals surface area contributed by atoms with Gasteiger partial charge in [-0.1, -0.05) is 0 Å². The first-order valence-electron chi connectivity index (χ1n) is 8.78. The summed E-state index contributed by atoms with van der Waals surface area (Å²) in [5.74, 6) is 0.184. The third-order valence-corrected chi connectivity index (χ3v) is 4.65. The summed E-state index contributed by atoms with van der Waals surface area (Å²) in [5.41, 5.74) is 3.44. The van der Waals surface area contributed by atoms with Gasteiger partial charge in [-0.2, -0.15) is 5.10 Å². The van der Waals surface area contributed by atoms with Gasteiger partial charge >= 0.3 is 0 Å². The van der Waals surface area contributed by atoms with Crippen LogP contribution < -0.4 is 20.2 Å². The predicted molar refractivity (Wildman–Crippen MR) is 118 cm³/mol. The van der Waals surface area contributed by atoms with Crippen molar-refractivity contribution in [3.8, 4) is 17.2 Å². The number of phenols is 1. The number of halogens is 1. The van der Waals surface area contributed by atoms with Gasteiger partial charge < -0.3 is 19.9 Å². The Kier molecular flexibility index (Phi) is 8.25. The molecular weight excluding hydrogens is 489 g/mol. The van der Waals surface area contributed by atoms with Crippen LogP contribution in [-0.2, 0) is 4.79 Å². The van der Waals surface area contributed by atoms with Gasteiger partial charge in [0.2, 0.25) is 0 Å². The lowest BCUT2D eigenvalue weighted by Crippen LogP contribution is -2.43. The molecule has 2 amide bonds. The molecule has 0 aliphatic heterocycles. The van der Waals surface area contributed by atoms with Gasteiger partial charge in [0.1, 0.15) is 11.8 Å². The number of carbonyl (C=O) groups excluding carboxylic acids is 2. The standard InChI is InChI=1S/C20H22IN3O5/c1-4-29-17-10-13(9-16(21)18(17)25)11-22-24-19(26)12(2)23-20(27)14-5-7-15(28-3)8-6-14/h5-12,25H,4H2,1-3H3,(H,23,27)(H,24,26)/b22-11+. The lowest BCUT2D eigenvalue weighted by Gasteiger charge is -2.12. The van der Waals surface area contributed by atoms with Gasteiger partial charge in [-0.05, 0) is 78.4 Å². The van der Waals surface area contributed by atoms with Gasteiger partial charge in [0.05, 0.1) is 23.5 Å². The first-order chi connectivity index (χ1) is 13.8. The molecule has 0 heterocycles. The fraction of sp³-hybridized carbons (Fsp3) is 0.250. The number of aromatic hydroxyl groups is 1. The molecule has 2 aromatic rings. The van der Waals surface area contributed by atoms with E-state index in [4.69, 9.17) is 9.47 Å². The number of ether oxygens (including phenoxy) is 2.